The number of aromatic nitrogens is 1. The first-order chi connectivity index (χ1) is 8.16. The molecule has 18 heavy (non-hydrogen) atoms. The lowest BCUT2D eigenvalue weighted by Crippen LogP contribution is -2.32. The van der Waals surface area contributed by atoms with Gasteiger partial charge in [0.25, 0.3) is 0 Å². The van der Waals surface area contributed by atoms with E-state index in [1.807, 2.05) is 6.20 Å². The summed E-state index contributed by atoms with van der Waals surface area (Å²) in [6, 6.07) is -0.499. The highest BCUT2D eigenvalue weighted by Crippen LogP contribution is 2.31. The van der Waals surface area contributed by atoms with Crippen molar-refractivity contribution in [3.63, 3.8) is 0 Å². The molecule has 1 aliphatic rings. The number of piperidine rings is 1. The zero-order valence-corrected chi connectivity index (χ0v) is 11.9. The first-order valence-electron chi connectivity index (χ1n) is 5.89. The summed E-state index contributed by atoms with van der Waals surface area (Å²) in [5.74, 6) is 0.394. The molecule has 0 bridgehead atoms. The van der Waals surface area contributed by atoms with Gasteiger partial charge >= 0.3 is 0 Å². The van der Waals surface area contributed by atoms with Crippen molar-refractivity contribution in [2.75, 3.05) is 18.4 Å². The maximum absolute atomic E-state index is 11.4. The third kappa shape index (κ3) is 3.91. The van der Waals surface area contributed by atoms with Gasteiger partial charge in [-0.1, -0.05) is 0 Å². The molecule has 0 saturated carbocycles. The van der Waals surface area contributed by atoms with Crippen LogP contribution in [0.5, 0.6) is 0 Å². The molecule has 1 aromatic heterocycles. The van der Waals surface area contributed by atoms with Gasteiger partial charge in [-0.15, -0.1) is 23.7 Å². The van der Waals surface area contributed by atoms with Crippen molar-refractivity contribution in [2.45, 2.75) is 31.7 Å². The second kappa shape index (κ2) is 7.04. The molecule has 1 amide bonds. The van der Waals surface area contributed by atoms with Crippen molar-refractivity contribution in [2.24, 2.45) is 5.73 Å². The number of hydrogen-bond donors (Lipinski definition) is 3. The molecule has 102 valence electrons. The first-order valence-corrected chi connectivity index (χ1v) is 6.71. The molecule has 1 saturated heterocycles. The van der Waals surface area contributed by atoms with Crippen molar-refractivity contribution in [1.82, 2.24) is 10.3 Å². The number of thiazole rings is 1. The molecule has 5 nitrogen and oxygen atoms in total. The predicted octanol–water partition coefficient (Wildman–Crippen LogP) is 1.32. The van der Waals surface area contributed by atoms with Gasteiger partial charge in [-0.3, -0.25) is 4.79 Å². The van der Waals surface area contributed by atoms with Crippen molar-refractivity contribution >= 4 is 34.8 Å². The lowest BCUT2D eigenvalue weighted by atomic mass is 9.97. The van der Waals surface area contributed by atoms with Crippen LogP contribution in [0.2, 0.25) is 0 Å². The third-order valence-electron chi connectivity index (χ3n) is 2.91. The van der Waals surface area contributed by atoms with Gasteiger partial charge in [0.2, 0.25) is 5.91 Å². The second-order valence-corrected chi connectivity index (χ2v) is 5.43. The molecule has 0 aromatic carbocycles. The molecule has 1 fully saturated rings. The Hall–Kier alpha value is -0.690. The highest BCUT2D eigenvalue weighted by molar-refractivity contribution is 7.15. The van der Waals surface area contributed by atoms with Crippen LogP contribution in [0.1, 0.15) is 30.6 Å². The Balaban J connectivity index is 0.00000162. The van der Waals surface area contributed by atoms with Crippen molar-refractivity contribution < 1.29 is 4.79 Å². The summed E-state index contributed by atoms with van der Waals surface area (Å²) in [6.45, 7) is 3.78. The topological polar surface area (TPSA) is 80.0 Å². The molecular formula is C11H19ClN4OS. The molecule has 1 aromatic rings. The van der Waals surface area contributed by atoms with E-state index in [-0.39, 0.29) is 18.3 Å². The number of carbonyl (C=O) groups is 1. The number of carbonyl (C=O) groups excluding carboxylic acids is 1. The second-order valence-electron chi connectivity index (χ2n) is 4.37. The van der Waals surface area contributed by atoms with Gasteiger partial charge in [0.05, 0.1) is 6.04 Å². The van der Waals surface area contributed by atoms with E-state index >= 15 is 0 Å². The Labute approximate surface area is 117 Å². The average molecular weight is 291 g/mol. The predicted molar refractivity (Wildman–Crippen MR) is 76.5 cm³/mol. The van der Waals surface area contributed by atoms with E-state index in [9.17, 15) is 4.79 Å². The summed E-state index contributed by atoms with van der Waals surface area (Å²) < 4.78 is 0. The van der Waals surface area contributed by atoms with Crippen molar-refractivity contribution in [3.05, 3.63) is 11.1 Å². The number of amides is 1. The standard InChI is InChI=1S/C11H18N4OS.ClH/c1-7(12)10(16)15-11-14-6-9(17-11)8-2-4-13-5-3-8;/h6-8,13H,2-5,12H2,1H3,(H,14,15,16);1H/t7-;/m1./s1. The summed E-state index contributed by atoms with van der Waals surface area (Å²) in [5.41, 5.74) is 5.49. The van der Waals surface area contributed by atoms with E-state index in [1.54, 1.807) is 18.3 Å². The van der Waals surface area contributed by atoms with Crippen LogP contribution in [-0.2, 0) is 4.79 Å². The highest BCUT2D eigenvalue weighted by Gasteiger charge is 2.18. The zero-order valence-electron chi connectivity index (χ0n) is 10.3. The largest absolute Gasteiger partial charge is 0.320 e. The fraction of sp³-hybridized carbons (Fsp3) is 0.636. The molecule has 4 N–H and O–H groups in total. The summed E-state index contributed by atoms with van der Waals surface area (Å²) in [6.07, 6.45) is 4.16. The van der Waals surface area contributed by atoms with Gasteiger partial charge in [-0.2, -0.15) is 0 Å². The first kappa shape index (κ1) is 15.4. The number of nitrogens with two attached hydrogens (primary N) is 1. The van der Waals surface area contributed by atoms with E-state index in [4.69, 9.17) is 5.73 Å². The minimum absolute atomic E-state index is 0. The molecule has 1 atom stereocenters. The van der Waals surface area contributed by atoms with E-state index in [0.717, 1.165) is 25.9 Å². The van der Waals surface area contributed by atoms with E-state index in [0.29, 0.717) is 11.0 Å². The molecule has 0 unspecified atom stereocenters. The Bertz CT molecular complexity index is 390. The van der Waals surface area contributed by atoms with Gasteiger partial charge < -0.3 is 16.4 Å². The number of halogens is 1. The van der Waals surface area contributed by atoms with Crippen LogP contribution in [0.15, 0.2) is 6.20 Å². The molecule has 0 aliphatic carbocycles. The molecule has 1 aliphatic heterocycles. The number of nitrogens with one attached hydrogen (secondary N) is 2. The van der Waals surface area contributed by atoms with Gasteiger partial charge in [0.15, 0.2) is 5.13 Å². The fourth-order valence-corrected chi connectivity index (χ4v) is 2.85. The Morgan fingerprint density at radius 2 is 2.28 bits per heavy atom. The normalized spacial score (nSPS) is 17.9. The van der Waals surface area contributed by atoms with Gasteiger partial charge in [0, 0.05) is 11.1 Å². The van der Waals surface area contributed by atoms with E-state index in [1.165, 1.54) is 4.88 Å². The third-order valence-corrected chi connectivity index (χ3v) is 3.98. The Morgan fingerprint density at radius 3 is 2.89 bits per heavy atom. The number of hydrogen-bond acceptors (Lipinski definition) is 5. The lowest BCUT2D eigenvalue weighted by Gasteiger charge is -2.20. The smallest absolute Gasteiger partial charge is 0.242 e. The van der Waals surface area contributed by atoms with Crippen LogP contribution >= 0.6 is 23.7 Å². The van der Waals surface area contributed by atoms with E-state index < -0.39 is 6.04 Å². The molecular weight excluding hydrogens is 272 g/mol. The summed E-state index contributed by atoms with van der Waals surface area (Å²) in [7, 11) is 0. The summed E-state index contributed by atoms with van der Waals surface area (Å²) in [4.78, 5) is 16.9. The van der Waals surface area contributed by atoms with Gasteiger partial charge in [-0.05, 0) is 38.8 Å². The van der Waals surface area contributed by atoms with Crippen LogP contribution in [0, 0.1) is 0 Å². The van der Waals surface area contributed by atoms with Crippen LogP contribution in [-0.4, -0.2) is 30.0 Å². The Morgan fingerprint density at radius 1 is 1.61 bits per heavy atom. The molecule has 2 rings (SSSR count). The molecule has 2 heterocycles. The maximum atomic E-state index is 11.4. The Kier molecular flexibility index (Phi) is 6.01. The quantitative estimate of drug-likeness (QED) is 0.784. The van der Waals surface area contributed by atoms with Crippen molar-refractivity contribution in [1.29, 1.82) is 0 Å². The average Bonchev–Trinajstić information content (AvgIpc) is 2.78. The lowest BCUT2D eigenvalue weighted by molar-refractivity contribution is -0.117. The summed E-state index contributed by atoms with van der Waals surface area (Å²) >= 11 is 1.56. The van der Waals surface area contributed by atoms with E-state index in [2.05, 4.69) is 15.6 Å². The van der Waals surface area contributed by atoms with Crippen LogP contribution in [0.25, 0.3) is 0 Å². The van der Waals surface area contributed by atoms with Crippen LogP contribution in [0.4, 0.5) is 5.13 Å². The number of nitrogens with zero attached hydrogens (tertiary/aromatic N) is 1. The molecule has 7 heteroatoms. The van der Waals surface area contributed by atoms with Gasteiger partial charge in [0.1, 0.15) is 0 Å². The highest BCUT2D eigenvalue weighted by atomic mass is 35.5. The van der Waals surface area contributed by atoms with Crippen molar-refractivity contribution in [3.8, 4) is 0 Å². The number of rotatable bonds is 3. The monoisotopic (exact) mass is 290 g/mol. The fourth-order valence-electron chi connectivity index (χ4n) is 1.86. The SMILES string of the molecule is C[C@@H](N)C(=O)Nc1ncc(C2CCNCC2)s1.Cl. The molecule has 0 spiro atoms. The van der Waals surface area contributed by atoms with Crippen LogP contribution < -0.4 is 16.4 Å². The maximum Gasteiger partial charge on any atom is 0.242 e. The zero-order chi connectivity index (χ0) is 12.3. The minimum atomic E-state index is -0.499. The van der Waals surface area contributed by atoms with Gasteiger partial charge in [-0.25, -0.2) is 4.98 Å². The minimum Gasteiger partial charge on any atom is -0.320 e. The molecule has 0 radical (unpaired) electrons. The number of anilines is 1. The van der Waals surface area contributed by atoms with Crippen LogP contribution in [0.3, 0.4) is 0 Å². The summed E-state index contributed by atoms with van der Waals surface area (Å²) in [5, 5.41) is 6.72.